The minimum Gasteiger partial charge on any atom is -0.351 e. The molecule has 1 heterocycles. The van der Waals surface area contributed by atoms with Crippen LogP contribution in [0.5, 0.6) is 0 Å². The van der Waals surface area contributed by atoms with Gasteiger partial charge in [0.05, 0.1) is 22.3 Å². The number of benzene rings is 2. The molecule has 3 rings (SSSR count). The molecule has 25 heavy (non-hydrogen) atoms. The summed E-state index contributed by atoms with van der Waals surface area (Å²) in [7, 11) is -3.60. The fourth-order valence-corrected chi connectivity index (χ4v) is 3.53. The standard InChI is InChI=1S/C16H15BrN4O3S/c17-12-2-4-13(5-3-12)25(23,24)21-8-7-18-16(22)11-1-6-14-15(9-11)20-10-19-14/h1-6,9-10,21H,7-8H2,(H,18,22)(H,19,20). The maximum atomic E-state index is 12.1. The summed E-state index contributed by atoms with van der Waals surface area (Å²) in [6.07, 6.45) is 1.56. The molecular weight excluding hydrogens is 408 g/mol. The molecule has 1 aromatic heterocycles. The number of aromatic amines is 1. The number of halogens is 1. The Morgan fingerprint density at radius 3 is 2.64 bits per heavy atom. The molecule has 0 radical (unpaired) electrons. The normalized spacial score (nSPS) is 11.6. The molecule has 0 aliphatic rings. The van der Waals surface area contributed by atoms with Crippen molar-refractivity contribution in [1.82, 2.24) is 20.0 Å². The number of rotatable bonds is 6. The zero-order chi connectivity index (χ0) is 17.9. The molecular formula is C16H15BrN4O3S. The summed E-state index contributed by atoms with van der Waals surface area (Å²) in [6, 6.07) is 11.4. The second kappa shape index (κ2) is 7.34. The van der Waals surface area contributed by atoms with Gasteiger partial charge in [0.1, 0.15) is 0 Å². The lowest BCUT2D eigenvalue weighted by Crippen LogP contribution is -2.34. The number of fused-ring (bicyclic) bond motifs is 1. The molecule has 0 saturated carbocycles. The van der Waals surface area contributed by atoms with E-state index in [2.05, 4.69) is 35.9 Å². The van der Waals surface area contributed by atoms with Crippen LogP contribution in [0.2, 0.25) is 0 Å². The Morgan fingerprint density at radius 2 is 1.88 bits per heavy atom. The molecule has 7 nitrogen and oxygen atoms in total. The van der Waals surface area contributed by atoms with Gasteiger partial charge in [-0.15, -0.1) is 0 Å². The molecule has 0 bridgehead atoms. The van der Waals surface area contributed by atoms with Crippen LogP contribution in [0.25, 0.3) is 11.0 Å². The van der Waals surface area contributed by atoms with Gasteiger partial charge in [0.25, 0.3) is 5.91 Å². The maximum absolute atomic E-state index is 12.1. The van der Waals surface area contributed by atoms with E-state index in [9.17, 15) is 13.2 Å². The van der Waals surface area contributed by atoms with Crippen LogP contribution in [0.3, 0.4) is 0 Å². The van der Waals surface area contributed by atoms with Gasteiger partial charge in [0.2, 0.25) is 10.0 Å². The van der Waals surface area contributed by atoms with Gasteiger partial charge >= 0.3 is 0 Å². The first-order valence-electron chi connectivity index (χ1n) is 7.42. The van der Waals surface area contributed by atoms with Crippen LogP contribution >= 0.6 is 15.9 Å². The molecule has 0 aliphatic heterocycles. The van der Waals surface area contributed by atoms with Crippen molar-refractivity contribution in [2.24, 2.45) is 0 Å². The Kier molecular flexibility index (Phi) is 5.16. The van der Waals surface area contributed by atoms with Crippen molar-refractivity contribution in [2.75, 3.05) is 13.1 Å². The number of carbonyl (C=O) groups excluding carboxylic acids is 1. The average molecular weight is 423 g/mol. The van der Waals surface area contributed by atoms with E-state index in [0.29, 0.717) is 5.56 Å². The molecule has 9 heteroatoms. The third-order valence-corrected chi connectivity index (χ3v) is 5.51. The summed E-state index contributed by atoms with van der Waals surface area (Å²) < 4.78 is 27.5. The molecule has 3 N–H and O–H groups in total. The van der Waals surface area contributed by atoms with Gasteiger partial charge in [0.15, 0.2) is 0 Å². The summed E-state index contributed by atoms with van der Waals surface area (Å²) in [6.45, 7) is 0.270. The largest absolute Gasteiger partial charge is 0.351 e. The number of nitrogens with one attached hydrogen (secondary N) is 3. The predicted octanol–water partition coefficient (Wildman–Crippen LogP) is 2.03. The fraction of sp³-hybridized carbons (Fsp3) is 0.125. The molecule has 0 fully saturated rings. The van der Waals surface area contributed by atoms with Crippen molar-refractivity contribution in [2.45, 2.75) is 4.90 Å². The first-order valence-corrected chi connectivity index (χ1v) is 9.70. The zero-order valence-electron chi connectivity index (χ0n) is 13.0. The van der Waals surface area contributed by atoms with Gasteiger partial charge in [-0.2, -0.15) is 0 Å². The summed E-state index contributed by atoms with van der Waals surface area (Å²) >= 11 is 3.26. The first-order chi connectivity index (χ1) is 12.0. The van der Waals surface area contributed by atoms with Crippen LogP contribution in [-0.2, 0) is 10.0 Å². The lowest BCUT2D eigenvalue weighted by Gasteiger charge is -2.08. The molecule has 0 spiro atoms. The Balaban J connectivity index is 1.53. The van der Waals surface area contributed by atoms with E-state index in [0.717, 1.165) is 15.5 Å². The molecule has 3 aromatic rings. The highest BCUT2D eigenvalue weighted by Gasteiger charge is 2.13. The fourth-order valence-electron chi connectivity index (χ4n) is 2.24. The van der Waals surface area contributed by atoms with Crippen LogP contribution in [-0.4, -0.2) is 37.4 Å². The van der Waals surface area contributed by atoms with Gasteiger partial charge in [-0.25, -0.2) is 18.1 Å². The van der Waals surface area contributed by atoms with Crippen molar-refractivity contribution in [3.05, 3.63) is 58.8 Å². The number of imidazole rings is 1. The summed E-state index contributed by atoms with van der Waals surface area (Å²) in [5.41, 5.74) is 2.02. The van der Waals surface area contributed by atoms with Crippen LogP contribution in [0.15, 0.2) is 58.2 Å². The second-order valence-electron chi connectivity index (χ2n) is 5.24. The van der Waals surface area contributed by atoms with Crippen LogP contribution in [0.1, 0.15) is 10.4 Å². The number of sulfonamides is 1. The van der Waals surface area contributed by atoms with Crippen LogP contribution < -0.4 is 10.0 Å². The van der Waals surface area contributed by atoms with Crippen molar-refractivity contribution < 1.29 is 13.2 Å². The summed E-state index contributed by atoms with van der Waals surface area (Å²) in [5, 5.41) is 2.68. The minimum atomic E-state index is -3.60. The van der Waals surface area contributed by atoms with Gasteiger partial charge in [0, 0.05) is 23.1 Å². The quantitative estimate of drug-likeness (QED) is 0.528. The van der Waals surface area contributed by atoms with E-state index in [-0.39, 0.29) is 23.9 Å². The van der Waals surface area contributed by atoms with E-state index in [1.807, 2.05) is 0 Å². The van der Waals surface area contributed by atoms with Crippen molar-refractivity contribution >= 4 is 42.9 Å². The van der Waals surface area contributed by atoms with Crippen molar-refractivity contribution in [3.8, 4) is 0 Å². The predicted molar refractivity (Wildman–Crippen MR) is 97.8 cm³/mol. The summed E-state index contributed by atoms with van der Waals surface area (Å²) in [4.78, 5) is 19.3. The highest BCUT2D eigenvalue weighted by atomic mass is 79.9. The monoisotopic (exact) mass is 422 g/mol. The molecule has 1 amide bonds. The third kappa shape index (κ3) is 4.25. The van der Waals surface area contributed by atoms with Gasteiger partial charge in [-0.05, 0) is 42.5 Å². The minimum absolute atomic E-state index is 0.0937. The van der Waals surface area contributed by atoms with Crippen molar-refractivity contribution in [3.63, 3.8) is 0 Å². The first kappa shape index (κ1) is 17.6. The van der Waals surface area contributed by atoms with E-state index < -0.39 is 10.0 Å². The Bertz CT molecular complexity index is 1000. The smallest absolute Gasteiger partial charge is 0.251 e. The van der Waals surface area contributed by atoms with Gasteiger partial charge in [-0.3, -0.25) is 4.79 Å². The number of H-pyrrole nitrogens is 1. The lowest BCUT2D eigenvalue weighted by atomic mass is 10.2. The Hall–Kier alpha value is -2.23. The molecule has 130 valence electrons. The number of hydrogen-bond acceptors (Lipinski definition) is 4. The molecule has 2 aromatic carbocycles. The SMILES string of the molecule is O=C(NCCNS(=O)(=O)c1ccc(Br)cc1)c1ccc2nc[nH]c2c1. The lowest BCUT2D eigenvalue weighted by molar-refractivity contribution is 0.0954. The highest BCUT2D eigenvalue weighted by molar-refractivity contribution is 9.10. The van der Waals surface area contributed by atoms with E-state index in [4.69, 9.17) is 0 Å². The topological polar surface area (TPSA) is 104 Å². The van der Waals surface area contributed by atoms with Crippen molar-refractivity contribution in [1.29, 1.82) is 0 Å². The molecule has 0 atom stereocenters. The summed E-state index contributed by atoms with van der Waals surface area (Å²) in [5.74, 6) is -0.278. The number of amides is 1. The third-order valence-electron chi connectivity index (χ3n) is 3.51. The number of carbonyl (C=O) groups is 1. The van der Waals surface area contributed by atoms with E-state index in [1.165, 1.54) is 12.1 Å². The maximum Gasteiger partial charge on any atom is 0.251 e. The number of hydrogen-bond donors (Lipinski definition) is 3. The molecule has 0 aliphatic carbocycles. The van der Waals surface area contributed by atoms with E-state index >= 15 is 0 Å². The highest BCUT2D eigenvalue weighted by Crippen LogP contribution is 2.14. The Labute approximate surface area is 153 Å². The van der Waals surface area contributed by atoms with Gasteiger partial charge < -0.3 is 10.3 Å². The van der Waals surface area contributed by atoms with Crippen LogP contribution in [0.4, 0.5) is 0 Å². The van der Waals surface area contributed by atoms with Gasteiger partial charge in [-0.1, -0.05) is 15.9 Å². The number of nitrogens with zero attached hydrogens (tertiary/aromatic N) is 1. The number of aromatic nitrogens is 2. The molecule has 0 unspecified atom stereocenters. The second-order valence-corrected chi connectivity index (χ2v) is 7.92. The average Bonchev–Trinajstić information content (AvgIpc) is 3.06. The van der Waals surface area contributed by atoms with E-state index in [1.54, 1.807) is 36.7 Å². The zero-order valence-corrected chi connectivity index (χ0v) is 15.4. The van der Waals surface area contributed by atoms with Crippen LogP contribution in [0, 0.1) is 0 Å². The Morgan fingerprint density at radius 1 is 1.12 bits per heavy atom. The molecule has 0 saturated heterocycles.